The predicted octanol–water partition coefficient (Wildman–Crippen LogP) is 4.37. The van der Waals surface area contributed by atoms with Gasteiger partial charge in [-0.25, -0.2) is 0 Å². The fourth-order valence-electron chi connectivity index (χ4n) is 2.47. The standard InChI is InChI=1S/C8H14Cl.3CH3.Sn/c1-6-4-5-8(2,3)7(6)9;;;;/h6-7H,1,4-5H2,2-3H3;3*1H3;/t6-,7-;;;;/m1..../s1. The molecule has 0 spiro atoms. The summed E-state index contributed by atoms with van der Waals surface area (Å²) in [5.41, 5.74) is 0.392. The van der Waals surface area contributed by atoms with E-state index in [0.717, 1.165) is 5.92 Å². The Hall–Kier alpha value is 1.09. The van der Waals surface area contributed by atoms with Gasteiger partial charge in [0.15, 0.2) is 0 Å². The molecule has 0 nitrogen and oxygen atoms in total. The van der Waals surface area contributed by atoms with Crippen molar-refractivity contribution >= 4 is 30.0 Å². The second-order valence-electron chi connectivity index (χ2n) is 6.45. The Morgan fingerprint density at radius 1 is 1.31 bits per heavy atom. The Balaban J connectivity index is 2.56. The quantitative estimate of drug-likeness (QED) is 0.525. The third kappa shape index (κ3) is 3.30. The summed E-state index contributed by atoms with van der Waals surface area (Å²) in [5, 5.41) is 0.434. The first-order valence-electron chi connectivity index (χ1n) is 5.36. The van der Waals surface area contributed by atoms with Crippen molar-refractivity contribution in [1.29, 1.82) is 0 Å². The molecule has 1 aliphatic carbocycles. The Kier molecular flexibility index (Phi) is 3.67. The minimum absolute atomic E-state index is 0.392. The molecule has 13 heavy (non-hydrogen) atoms. The third-order valence-electron chi connectivity index (χ3n) is 3.19. The van der Waals surface area contributed by atoms with Crippen LogP contribution in [0.2, 0.25) is 19.3 Å². The number of alkyl halides is 1. The number of hydrogen-bond acceptors (Lipinski definition) is 0. The second-order valence-corrected chi connectivity index (χ2v) is 22.7. The zero-order valence-electron chi connectivity index (χ0n) is 9.65. The zero-order chi connectivity index (χ0) is 10.3. The summed E-state index contributed by atoms with van der Waals surface area (Å²) in [7, 11) is 0. The average Bonchev–Trinajstić information content (AvgIpc) is 2.13. The van der Waals surface area contributed by atoms with Crippen molar-refractivity contribution in [1.82, 2.24) is 0 Å². The van der Waals surface area contributed by atoms with Crippen LogP contribution in [0.5, 0.6) is 0 Å². The fraction of sp³-hybridized carbons (Fsp3) is 1.00. The van der Waals surface area contributed by atoms with E-state index in [2.05, 4.69) is 28.7 Å². The molecule has 0 aliphatic heterocycles. The molecule has 0 N–H and O–H groups in total. The molecule has 2 heteroatoms. The molecular formula is C11H23ClSn. The summed E-state index contributed by atoms with van der Waals surface area (Å²) in [6.45, 7) is 4.64. The van der Waals surface area contributed by atoms with Crippen LogP contribution in [0.1, 0.15) is 26.7 Å². The van der Waals surface area contributed by atoms with E-state index in [1.807, 2.05) is 0 Å². The normalized spacial score (nSPS) is 33.7. The van der Waals surface area contributed by atoms with Crippen LogP contribution in [0, 0.1) is 11.3 Å². The van der Waals surface area contributed by atoms with Crippen LogP contribution < -0.4 is 0 Å². The van der Waals surface area contributed by atoms with E-state index in [9.17, 15) is 0 Å². The minimum atomic E-state index is -1.60. The Labute approximate surface area is 92.3 Å². The van der Waals surface area contributed by atoms with E-state index in [4.69, 9.17) is 11.6 Å². The zero-order valence-corrected chi connectivity index (χ0v) is 13.3. The van der Waals surface area contributed by atoms with Crippen molar-refractivity contribution in [2.24, 2.45) is 11.3 Å². The fourth-order valence-corrected chi connectivity index (χ4v) is 8.97. The molecular weight excluding hydrogens is 286 g/mol. The van der Waals surface area contributed by atoms with Crippen molar-refractivity contribution in [2.75, 3.05) is 0 Å². The molecule has 1 rings (SSSR count). The predicted molar refractivity (Wildman–Crippen MR) is 64.3 cm³/mol. The molecule has 0 radical (unpaired) electrons. The number of hydrogen-bond donors (Lipinski definition) is 0. The van der Waals surface area contributed by atoms with Gasteiger partial charge in [0, 0.05) is 0 Å². The Morgan fingerprint density at radius 3 is 2.15 bits per heavy atom. The van der Waals surface area contributed by atoms with Gasteiger partial charge in [0.1, 0.15) is 0 Å². The number of halogens is 1. The van der Waals surface area contributed by atoms with E-state index in [0.29, 0.717) is 10.8 Å². The molecule has 1 fully saturated rings. The van der Waals surface area contributed by atoms with Gasteiger partial charge in [-0.3, -0.25) is 0 Å². The van der Waals surface area contributed by atoms with Crippen LogP contribution in [-0.2, 0) is 0 Å². The molecule has 0 saturated heterocycles. The van der Waals surface area contributed by atoms with Crippen LogP contribution in [0.4, 0.5) is 0 Å². The van der Waals surface area contributed by atoms with Crippen LogP contribution >= 0.6 is 11.6 Å². The van der Waals surface area contributed by atoms with E-state index in [1.54, 1.807) is 0 Å². The molecule has 0 bridgehead atoms. The van der Waals surface area contributed by atoms with Crippen molar-refractivity contribution in [3.8, 4) is 0 Å². The summed E-state index contributed by atoms with van der Waals surface area (Å²) in [4.78, 5) is 7.55. The van der Waals surface area contributed by atoms with Gasteiger partial charge in [0.25, 0.3) is 0 Å². The van der Waals surface area contributed by atoms with Crippen molar-refractivity contribution in [3.63, 3.8) is 0 Å². The Morgan fingerprint density at radius 2 is 1.85 bits per heavy atom. The van der Waals surface area contributed by atoms with Gasteiger partial charge in [-0.2, -0.15) is 0 Å². The van der Waals surface area contributed by atoms with E-state index >= 15 is 0 Å². The summed E-state index contributed by atoms with van der Waals surface area (Å²) in [6, 6.07) is 0. The molecule has 1 aliphatic rings. The van der Waals surface area contributed by atoms with Gasteiger partial charge in [0.05, 0.1) is 0 Å². The molecule has 0 aromatic rings. The first kappa shape index (κ1) is 12.2. The second kappa shape index (κ2) is 3.92. The number of rotatable bonds is 2. The first-order valence-corrected chi connectivity index (χ1v) is 16.4. The molecule has 2 atom stereocenters. The summed E-state index contributed by atoms with van der Waals surface area (Å²) >= 11 is 4.91. The van der Waals surface area contributed by atoms with Gasteiger partial charge < -0.3 is 0 Å². The maximum absolute atomic E-state index is 6.51. The molecule has 1 saturated carbocycles. The van der Waals surface area contributed by atoms with Gasteiger partial charge in [-0.05, 0) is 0 Å². The van der Waals surface area contributed by atoms with Crippen LogP contribution in [-0.4, -0.2) is 23.8 Å². The molecule has 78 valence electrons. The first-order chi connectivity index (χ1) is 5.72. The van der Waals surface area contributed by atoms with Crippen molar-refractivity contribution in [2.45, 2.75) is 51.3 Å². The molecule has 0 aromatic heterocycles. The topological polar surface area (TPSA) is 0 Å². The summed E-state index contributed by atoms with van der Waals surface area (Å²) in [5.74, 6) is 0.826. The van der Waals surface area contributed by atoms with Crippen LogP contribution in [0.25, 0.3) is 0 Å². The van der Waals surface area contributed by atoms with Gasteiger partial charge in [-0.1, -0.05) is 0 Å². The summed E-state index contributed by atoms with van der Waals surface area (Å²) < 4.78 is 1.48. The molecule has 0 unspecified atom stereocenters. The summed E-state index contributed by atoms with van der Waals surface area (Å²) in [6.07, 6.45) is 2.70. The van der Waals surface area contributed by atoms with E-state index in [1.165, 1.54) is 17.3 Å². The van der Waals surface area contributed by atoms with E-state index in [-0.39, 0.29) is 0 Å². The van der Waals surface area contributed by atoms with E-state index < -0.39 is 18.4 Å². The maximum atomic E-state index is 6.51. The molecule has 0 heterocycles. The van der Waals surface area contributed by atoms with Crippen LogP contribution in [0.3, 0.4) is 0 Å². The Bertz CT molecular complexity index is 181. The van der Waals surface area contributed by atoms with Crippen molar-refractivity contribution in [3.05, 3.63) is 0 Å². The van der Waals surface area contributed by atoms with Gasteiger partial charge in [0.2, 0.25) is 0 Å². The van der Waals surface area contributed by atoms with Crippen molar-refractivity contribution < 1.29 is 0 Å². The SMILES string of the molecule is CC1(C)CC[C@@H]([CH2][Sn]([CH3])([CH3])[CH3])[C@H]1Cl. The molecule has 0 amide bonds. The third-order valence-corrected chi connectivity index (χ3v) is 9.13. The van der Waals surface area contributed by atoms with Gasteiger partial charge >= 0.3 is 92.6 Å². The van der Waals surface area contributed by atoms with Gasteiger partial charge in [-0.15, -0.1) is 0 Å². The molecule has 0 aromatic carbocycles. The van der Waals surface area contributed by atoms with Crippen LogP contribution in [0.15, 0.2) is 0 Å². The monoisotopic (exact) mass is 310 g/mol. The average molecular weight is 309 g/mol.